The summed E-state index contributed by atoms with van der Waals surface area (Å²) in [5.74, 6) is 0. The molecule has 0 bridgehead atoms. The van der Waals surface area contributed by atoms with Crippen molar-refractivity contribution in [2.45, 2.75) is 33.9 Å². The van der Waals surface area contributed by atoms with E-state index in [9.17, 15) is 14.5 Å². The smallest absolute Gasteiger partial charge is 0.270 e. The molecule has 0 saturated heterocycles. The highest BCUT2D eigenvalue weighted by molar-refractivity contribution is 5.95. The highest BCUT2D eigenvalue weighted by atomic mass is 19.1. The molecule has 6 heteroatoms. The van der Waals surface area contributed by atoms with Crippen molar-refractivity contribution in [2.24, 2.45) is 0 Å². The first-order valence-corrected chi connectivity index (χ1v) is 7.97. The first-order valence-electron chi connectivity index (χ1n) is 7.97. The fourth-order valence-electron chi connectivity index (χ4n) is 2.37. The maximum absolute atomic E-state index is 13.9. The number of rotatable bonds is 2. The number of nitrogens with one attached hydrogen (secondary N) is 2. The van der Waals surface area contributed by atoms with Crippen LogP contribution in [0.1, 0.15) is 33.3 Å². The van der Waals surface area contributed by atoms with E-state index in [0.717, 1.165) is 5.52 Å². The molecule has 0 amide bonds. The maximum Gasteiger partial charge on any atom is 0.270 e. The van der Waals surface area contributed by atoms with Crippen molar-refractivity contribution in [2.75, 3.05) is 13.1 Å². The van der Waals surface area contributed by atoms with Crippen molar-refractivity contribution in [1.29, 1.82) is 0 Å². The second-order valence-corrected chi connectivity index (χ2v) is 4.47. The SMILES string of the molecule is CC.CC.O=[N+]([O-])c1ccc2[nH]cc(C3=CCNCC3F)c2c1. The monoisotopic (exact) mass is 321 g/mol. The highest BCUT2D eigenvalue weighted by Gasteiger charge is 2.21. The van der Waals surface area contributed by atoms with Crippen molar-refractivity contribution in [3.63, 3.8) is 0 Å². The molecule has 1 unspecified atom stereocenters. The van der Waals surface area contributed by atoms with Crippen LogP contribution in [0.2, 0.25) is 0 Å². The van der Waals surface area contributed by atoms with Crippen molar-refractivity contribution in [3.05, 3.63) is 46.1 Å². The number of aromatic nitrogens is 1. The lowest BCUT2D eigenvalue weighted by Gasteiger charge is -2.18. The van der Waals surface area contributed by atoms with Crippen LogP contribution in [0.25, 0.3) is 16.5 Å². The Morgan fingerprint density at radius 3 is 2.57 bits per heavy atom. The van der Waals surface area contributed by atoms with Gasteiger partial charge in [-0.05, 0) is 11.6 Å². The third-order valence-electron chi connectivity index (χ3n) is 3.31. The van der Waals surface area contributed by atoms with E-state index in [1.54, 1.807) is 18.3 Å². The first kappa shape index (κ1) is 18.8. The number of non-ortho nitro benzene ring substituents is 1. The third kappa shape index (κ3) is 4.16. The number of hydrogen-bond acceptors (Lipinski definition) is 3. The number of nitro groups is 1. The Hall–Kier alpha value is -2.21. The van der Waals surface area contributed by atoms with Crippen LogP contribution in [0, 0.1) is 10.1 Å². The van der Waals surface area contributed by atoms with Crippen LogP contribution in [0.15, 0.2) is 30.5 Å². The van der Waals surface area contributed by atoms with E-state index in [-0.39, 0.29) is 12.2 Å². The third-order valence-corrected chi connectivity index (χ3v) is 3.31. The molecule has 2 N–H and O–H groups in total. The van der Waals surface area contributed by atoms with E-state index in [1.807, 2.05) is 27.7 Å². The van der Waals surface area contributed by atoms with Gasteiger partial charge < -0.3 is 10.3 Å². The largest absolute Gasteiger partial charge is 0.361 e. The second kappa shape index (κ2) is 9.05. The van der Waals surface area contributed by atoms with Gasteiger partial charge in [-0.25, -0.2) is 4.39 Å². The van der Waals surface area contributed by atoms with E-state index in [2.05, 4.69) is 10.3 Å². The van der Waals surface area contributed by atoms with Crippen LogP contribution in [-0.2, 0) is 0 Å². The Balaban J connectivity index is 0.000000615. The molecule has 1 aromatic heterocycles. The van der Waals surface area contributed by atoms with Gasteiger partial charge in [0.25, 0.3) is 5.69 Å². The molecule has 5 nitrogen and oxygen atoms in total. The number of nitro benzene ring substituents is 1. The molecule has 1 aliphatic heterocycles. The number of H-pyrrole nitrogens is 1. The summed E-state index contributed by atoms with van der Waals surface area (Å²) in [5, 5.41) is 14.4. The Labute approximate surface area is 135 Å². The van der Waals surface area contributed by atoms with Gasteiger partial charge in [-0.2, -0.15) is 0 Å². The van der Waals surface area contributed by atoms with Crippen molar-refractivity contribution in [3.8, 4) is 0 Å². The van der Waals surface area contributed by atoms with Gasteiger partial charge in [0, 0.05) is 47.9 Å². The summed E-state index contributed by atoms with van der Waals surface area (Å²) in [7, 11) is 0. The molecule has 0 aliphatic carbocycles. The topological polar surface area (TPSA) is 71.0 Å². The quantitative estimate of drug-likeness (QED) is 0.634. The molecule has 1 aliphatic rings. The van der Waals surface area contributed by atoms with Crippen LogP contribution in [0.4, 0.5) is 10.1 Å². The van der Waals surface area contributed by atoms with Gasteiger partial charge in [0.1, 0.15) is 6.17 Å². The Morgan fingerprint density at radius 2 is 1.96 bits per heavy atom. The lowest BCUT2D eigenvalue weighted by molar-refractivity contribution is -0.384. The minimum absolute atomic E-state index is 0.0123. The van der Waals surface area contributed by atoms with Crippen LogP contribution in [0.3, 0.4) is 0 Å². The molecule has 1 aromatic carbocycles. The van der Waals surface area contributed by atoms with Gasteiger partial charge >= 0.3 is 0 Å². The molecule has 0 spiro atoms. The zero-order valence-electron chi connectivity index (χ0n) is 14.0. The molecule has 23 heavy (non-hydrogen) atoms. The number of fused-ring (bicyclic) bond motifs is 1. The van der Waals surface area contributed by atoms with E-state index in [0.29, 0.717) is 23.1 Å². The summed E-state index contributed by atoms with van der Waals surface area (Å²) in [6, 6.07) is 4.56. The molecule has 2 aromatic rings. The second-order valence-electron chi connectivity index (χ2n) is 4.47. The molecule has 3 rings (SSSR count). The summed E-state index contributed by atoms with van der Waals surface area (Å²) in [6.07, 6.45) is 2.40. The number of alkyl halides is 1. The fourth-order valence-corrected chi connectivity index (χ4v) is 2.37. The van der Waals surface area contributed by atoms with Gasteiger partial charge in [-0.1, -0.05) is 33.8 Å². The minimum Gasteiger partial charge on any atom is -0.361 e. The van der Waals surface area contributed by atoms with Crippen molar-refractivity contribution < 1.29 is 9.31 Å². The Morgan fingerprint density at radius 1 is 1.26 bits per heavy atom. The summed E-state index contributed by atoms with van der Waals surface area (Å²) < 4.78 is 13.9. The predicted molar refractivity (Wildman–Crippen MR) is 93.4 cm³/mol. The molecular weight excluding hydrogens is 297 g/mol. The molecular formula is C17H24FN3O2. The van der Waals surface area contributed by atoms with E-state index in [1.165, 1.54) is 12.1 Å². The minimum atomic E-state index is -1.09. The van der Waals surface area contributed by atoms with E-state index in [4.69, 9.17) is 0 Å². The Kier molecular flexibility index (Phi) is 7.41. The van der Waals surface area contributed by atoms with Crippen molar-refractivity contribution >= 4 is 22.2 Å². The molecule has 126 valence electrons. The number of aromatic amines is 1. The van der Waals surface area contributed by atoms with Crippen LogP contribution in [0.5, 0.6) is 0 Å². The van der Waals surface area contributed by atoms with Crippen molar-refractivity contribution in [1.82, 2.24) is 10.3 Å². The number of nitrogens with zero attached hydrogens (tertiary/aromatic N) is 1. The number of benzene rings is 1. The van der Waals surface area contributed by atoms with Gasteiger partial charge in [0.05, 0.1) is 4.92 Å². The van der Waals surface area contributed by atoms with Gasteiger partial charge in [0.15, 0.2) is 0 Å². The van der Waals surface area contributed by atoms with Gasteiger partial charge in [-0.3, -0.25) is 10.1 Å². The Bertz CT molecular complexity index is 680. The molecule has 1 atom stereocenters. The average molecular weight is 321 g/mol. The van der Waals surface area contributed by atoms with E-state index >= 15 is 0 Å². The zero-order valence-corrected chi connectivity index (χ0v) is 14.0. The molecule has 0 saturated carbocycles. The molecule has 2 heterocycles. The predicted octanol–water partition coefficient (Wildman–Crippen LogP) is 4.45. The zero-order chi connectivity index (χ0) is 17.4. The number of halogens is 1. The van der Waals surface area contributed by atoms with Crippen LogP contribution in [-0.4, -0.2) is 29.2 Å². The summed E-state index contributed by atoms with van der Waals surface area (Å²) >= 11 is 0. The molecule has 0 radical (unpaired) electrons. The van der Waals surface area contributed by atoms with Gasteiger partial charge in [-0.15, -0.1) is 0 Å². The first-order chi connectivity index (χ1) is 11.2. The summed E-state index contributed by atoms with van der Waals surface area (Å²) in [6.45, 7) is 8.88. The highest BCUT2D eigenvalue weighted by Crippen LogP contribution is 2.31. The average Bonchev–Trinajstić information content (AvgIpc) is 3.02. The lowest BCUT2D eigenvalue weighted by Crippen LogP contribution is -2.29. The van der Waals surface area contributed by atoms with Gasteiger partial charge in [0.2, 0.25) is 0 Å². The standard InChI is InChI=1S/C13H12FN3O2.2C2H6/c14-12-7-15-4-3-9(12)11-6-16-13-2-1-8(17(18)19)5-10(11)13;2*1-2/h1-3,5-6,12,15-16H,4,7H2;2*1-2H3. The van der Waals surface area contributed by atoms with E-state index < -0.39 is 11.1 Å². The summed E-state index contributed by atoms with van der Waals surface area (Å²) in [5.41, 5.74) is 2.07. The fraction of sp³-hybridized carbons (Fsp3) is 0.412. The summed E-state index contributed by atoms with van der Waals surface area (Å²) in [4.78, 5) is 13.4. The normalized spacial score (nSPS) is 16.6. The van der Waals surface area contributed by atoms with Crippen LogP contribution < -0.4 is 5.32 Å². The number of hydrogen-bond donors (Lipinski definition) is 2. The molecule has 0 fully saturated rings. The maximum atomic E-state index is 13.9. The van der Waals surface area contributed by atoms with Crippen LogP contribution >= 0.6 is 0 Å². The lowest BCUT2D eigenvalue weighted by atomic mass is 9.98.